The van der Waals surface area contributed by atoms with Crippen LogP contribution < -0.4 is 0 Å². The van der Waals surface area contributed by atoms with Crippen LogP contribution in [0.3, 0.4) is 0 Å². The van der Waals surface area contributed by atoms with Crippen molar-refractivity contribution in [2.75, 3.05) is 19.7 Å². The fraction of sp³-hybridized carbons (Fsp3) is 0.462. The van der Waals surface area contributed by atoms with Crippen molar-refractivity contribution in [2.24, 2.45) is 5.92 Å². The Balaban J connectivity index is 1.93. The molecule has 1 aromatic carbocycles. The molecule has 1 heterocycles. The molecule has 1 N–H and O–H groups in total. The molecule has 0 radical (unpaired) electrons. The van der Waals surface area contributed by atoms with E-state index in [1.807, 2.05) is 0 Å². The third-order valence-corrected chi connectivity index (χ3v) is 3.14. The van der Waals surface area contributed by atoms with Crippen LogP contribution in [0.25, 0.3) is 0 Å². The van der Waals surface area contributed by atoms with E-state index in [0.29, 0.717) is 18.7 Å². The van der Waals surface area contributed by atoms with Crippen molar-refractivity contribution >= 4 is 5.91 Å². The summed E-state index contributed by atoms with van der Waals surface area (Å²) in [4.78, 5) is 13.7. The number of hydrogen-bond acceptors (Lipinski definition) is 2. The van der Waals surface area contributed by atoms with Crippen molar-refractivity contribution in [2.45, 2.75) is 12.8 Å². The highest BCUT2D eigenvalue weighted by molar-refractivity contribution is 5.79. The summed E-state index contributed by atoms with van der Waals surface area (Å²) in [5, 5.41) is 9.00. The van der Waals surface area contributed by atoms with E-state index in [1.54, 1.807) is 17.0 Å². The summed E-state index contributed by atoms with van der Waals surface area (Å²) in [7, 11) is 0. The Bertz CT molecular complexity index is 408. The van der Waals surface area contributed by atoms with Crippen molar-refractivity contribution in [3.8, 4) is 0 Å². The van der Waals surface area contributed by atoms with Crippen molar-refractivity contribution < 1.29 is 14.3 Å². The highest BCUT2D eigenvalue weighted by atomic mass is 19.1. The van der Waals surface area contributed by atoms with E-state index in [4.69, 9.17) is 5.11 Å². The zero-order valence-electron chi connectivity index (χ0n) is 9.60. The predicted octanol–water partition coefficient (Wildman–Crippen LogP) is 1.21. The first kappa shape index (κ1) is 12.0. The van der Waals surface area contributed by atoms with E-state index in [9.17, 15) is 9.18 Å². The summed E-state index contributed by atoms with van der Waals surface area (Å²) < 4.78 is 13.0. The van der Waals surface area contributed by atoms with Crippen LogP contribution >= 0.6 is 0 Å². The SMILES string of the molecule is O=C(Cc1cccc(F)c1)N1CCC(CO)C1. The zero-order valence-corrected chi connectivity index (χ0v) is 9.60. The molecule has 1 fully saturated rings. The molecular weight excluding hydrogens is 221 g/mol. The smallest absolute Gasteiger partial charge is 0.227 e. The Kier molecular flexibility index (Phi) is 3.74. The van der Waals surface area contributed by atoms with Gasteiger partial charge in [-0.1, -0.05) is 12.1 Å². The molecule has 1 unspecified atom stereocenters. The highest BCUT2D eigenvalue weighted by Gasteiger charge is 2.25. The molecule has 2 rings (SSSR count). The molecular formula is C13H16FNO2. The average molecular weight is 237 g/mol. The lowest BCUT2D eigenvalue weighted by Gasteiger charge is -2.16. The second-order valence-corrected chi connectivity index (χ2v) is 4.48. The molecule has 0 aromatic heterocycles. The van der Waals surface area contributed by atoms with Gasteiger partial charge in [0.2, 0.25) is 5.91 Å². The molecule has 92 valence electrons. The molecule has 1 atom stereocenters. The van der Waals surface area contributed by atoms with Gasteiger partial charge in [0.05, 0.1) is 6.42 Å². The van der Waals surface area contributed by atoms with Gasteiger partial charge in [-0.2, -0.15) is 0 Å². The summed E-state index contributed by atoms with van der Waals surface area (Å²) in [6.07, 6.45) is 1.08. The Hall–Kier alpha value is -1.42. The first-order valence-electron chi connectivity index (χ1n) is 5.82. The van der Waals surface area contributed by atoms with Crippen molar-refractivity contribution in [1.29, 1.82) is 0 Å². The van der Waals surface area contributed by atoms with Gasteiger partial charge in [-0.15, -0.1) is 0 Å². The van der Waals surface area contributed by atoms with E-state index >= 15 is 0 Å². The minimum atomic E-state index is -0.315. The van der Waals surface area contributed by atoms with Crippen molar-refractivity contribution in [3.05, 3.63) is 35.6 Å². The van der Waals surface area contributed by atoms with Gasteiger partial charge >= 0.3 is 0 Å². The quantitative estimate of drug-likeness (QED) is 0.858. The van der Waals surface area contributed by atoms with E-state index in [0.717, 1.165) is 6.42 Å². The summed E-state index contributed by atoms with van der Waals surface area (Å²) in [5.41, 5.74) is 0.697. The number of likely N-dealkylation sites (tertiary alicyclic amines) is 1. The largest absolute Gasteiger partial charge is 0.396 e. The molecule has 0 spiro atoms. The topological polar surface area (TPSA) is 40.5 Å². The Labute approximate surface area is 99.9 Å². The number of halogens is 1. The molecule has 0 aliphatic carbocycles. The summed E-state index contributed by atoms with van der Waals surface area (Å²) in [6, 6.07) is 6.11. The highest BCUT2D eigenvalue weighted by Crippen LogP contribution is 2.16. The monoisotopic (exact) mass is 237 g/mol. The number of rotatable bonds is 3. The second kappa shape index (κ2) is 5.27. The summed E-state index contributed by atoms with van der Waals surface area (Å²) in [6.45, 7) is 1.44. The van der Waals surface area contributed by atoms with Crippen molar-refractivity contribution in [1.82, 2.24) is 4.90 Å². The molecule has 17 heavy (non-hydrogen) atoms. The number of amides is 1. The van der Waals surface area contributed by atoms with Crippen LogP contribution in [0.5, 0.6) is 0 Å². The average Bonchev–Trinajstić information content (AvgIpc) is 2.77. The number of benzene rings is 1. The van der Waals surface area contributed by atoms with Gasteiger partial charge in [-0.25, -0.2) is 4.39 Å². The molecule has 1 aliphatic heterocycles. The van der Waals surface area contributed by atoms with Gasteiger partial charge < -0.3 is 10.0 Å². The lowest BCUT2D eigenvalue weighted by atomic mass is 10.1. The molecule has 1 amide bonds. The second-order valence-electron chi connectivity index (χ2n) is 4.48. The normalized spacial score (nSPS) is 19.6. The van der Waals surface area contributed by atoms with Crippen LogP contribution in [0, 0.1) is 11.7 Å². The predicted molar refractivity (Wildman–Crippen MR) is 61.9 cm³/mol. The third kappa shape index (κ3) is 3.03. The van der Waals surface area contributed by atoms with Crippen LogP contribution in [0.4, 0.5) is 4.39 Å². The first-order chi connectivity index (χ1) is 8.19. The van der Waals surface area contributed by atoms with Gasteiger partial charge in [0.1, 0.15) is 5.82 Å². The van der Waals surface area contributed by atoms with Gasteiger partial charge in [0.15, 0.2) is 0 Å². The molecule has 4 heteroatoms. The maximum absolute atomic E-state index is 13.0. The minimum Gasteiger partial charge on any atom is -0.396 e. The molecule has 1 saturated heterocycles. The number of hydrogen-bond donors (Lipinski definition) is 1. The Morgan fingerprint density at radius 2 is 2.35 bits per heavy atom. The fourth-order valence-electron chi connectivity index (χ4n) is 2.14. The zero-order chi connectivity index (χ0) is 12.3. The molecule has 1 aromatic rings. The van der Waals surface area contributed by atoms with Crippen molar-refractivity contribution in [3.63, 3.8) is 0 Å². The van der Waals surface area contributed by atoms with Gasteiger partial charge in [-0.3, -0.25) is 4.79 Å². The standard InChI is InChI=1S/C13H16FNO2/c14-12-3-1-2-10(6-12)7-13(17)15-5-4-11(8-15)9-16/h1-3,6,11,16H,4-5,7-9H2. The number of carbonyl (C=O) groups is 1. The molecule has 0 bridgehead atoms. The van der Waals surface area contributed by atoms with Gasteiger partial charge in [-0.05, 0) is 24.1 Å². The Morgan fingerprint density at radius 3 is 3.00 bits per heavy atom. The lowest BCUT2D eigenvalue weighted by molar-refractivity contribution is -0.129. The molecule has 1 aliphatic rings. The lowest BCUT2D eigenvalue weighted by Crippen LogP contribution is -2.30. The Morgan fingerprint density at radius 1 is 1.53 bits per heavy atom. The van der Waals surface area contributed by atoms with Crippen LogP contribution in [-0.2, 0) is 11.2 Å². The molecule has 3 nitrogen and oxygen atoms in total. The van der Waals surface area contributed by atoms with E-state index in [2.05, 4.69) is 0 Å². The van der Waals surface area contributed by atoms with Crippen LogP contribution in [-0.4, -0.2) is 35.6 Å². The number of nitrogens with zero attached hydrogens (tertiary/aromatic N) is 1. The summed E-state index contributed by atoms with van der Waals surface area (Å²) in [5.74, 6) is -0.108. The minimum absolute atomic E-state index is 0.00606. The fourth-order valence-corrected chi connectivity index (χ4v) is 2.14. The van der Waals surface area contributed by atoms with Gasteiger partial charge in [0, 0.05) is 25.6 Å². The van der Waals surface area contributed by atoms with E-state index in [-0.39, 0.29) is 30.7 Å². The first-order valence-corrected chi connectivity index (χ1v) is 5.82. The van der Waals surface area contributed by atoms with Crippen LogP contribution in [0.1, 0.15) is 12.0 Å². The summed E-state index contributed by atoms with van der Waals surface area (Å²) >= 11 is 0. The maximum Gasteiger partial charge on any atom is 0.227 e. The van der Waals surface area contributed by atoms with E-state index < -0.39 is 0 Å². The molecule has 0 saturated carbocycles. The van der Waals surface area contributed by atoms with Crippen LogP contribution in [0.2, 0.25) is 0 Å². The number of carbonyl (C=O) groups excluding carboxylic acids is 1. The number of aliphatic hydroxyl groups is 1. The maximum atomic E-state index is 13.0. The third-order valence-electron chi connectivity index (χ3n) is 3.14. The van der Waals surface area contributed by atoms with Crippen LogP contribution in [0.15, 0.2) is 24.3 Å². The van der Waals surface area contributed by atoms with E-state index in [1.165, 1.54) is 12.1 Å². The van der Waals surface area contributed by atoms with Gasteiger partial charge in [0.25, 0.3) is 0 Å². The number of aliphatic hydroxyl groups excluding tert-OH is 1.